The summed E-state index contributed by atoms with van der Waals surface area (Å²) in [5, 5.41) is 3.98. The van der Waals surface area contributed by atoms with E-state index in [0.717, 1.165) is 24.0 Å². The number of benzene rings is 1. The number of hydrogen-bond donors (Lipinski definition) is 1. The Morgan fingerprint density at radius 3 is 2.40 bits per heavy atom. The van der Waals surface area contributed by atoms with Gasteiger partial charge in [-0.2, -0.15) is 0 Å². The molecule has 0 bridgehead atoms. The van der Waals surface area contributed by atoms with E-state index in [9.17, 15) is 0 Å². The molecule has 0 saturated carbocycles. The maximum Gasteiger partial charge on any atom is 0.138 e. The molecule has 108 valence electrons. The quantitative estimate of drug-likeness (QED) is 0.551. The Bertz CT molecular complexity index is 613. The molecule has 0 saturated heterocycles. The standard InChI is InChI=1S/C13H11Br3ClNOS/c1-18-11(10-5-9(15)13(16)20-10)7-3-6(17)4-8(14)12(7)19-2/h3-5,11,18H,1-2H3. The van der Waals surface area contributed by atoms with Crippen LogP contribution >= 0.6 is 70.7 Å². The van der Waals surface area contributed by atoms with E-state index in [1.54, 1.807) is 18.4 Å². The summed E-state index contributed by atoms with van der Waals surface area (Å²) >= 11 is 18.4. The van der Waals surface area contributed by atoms with Crippen molar-refractivity contribution in [2.45, 2.75) is 6.04 Å². The molecule has 7 heteroatoms. The fraction of sp³-hybridized carbons (Fsp3) is 0.231. The molecule has 0 radical (unpaired) electrons. The smallest absolute Gasteiger partial charge is 0.138 e. The third-order valence-corrected chi connectivity index (χ3v) is 6.92. The highest BCUT2D eigenvalue weighted by atomic mass is 79.9. The number of ether oxygens (including phenoxy) is 1. The predicted molar refractivity (Wildman–Crippen MR) is 96.3 cm³/mol. The lowest BCUT2D eigenvalue weighted by Gasteiger charge is -2.19. The van der Waals surface area contributed by atoms with Gasteiger partial charge in [0, 0.05) is 19.9 Å². The molecule has 0 aliphatic carbocycles. The zero-order valence-corrected chi connectivity index (χ0v) is 17.0. The van der Waals surface area contributed by atoms with Crippen molar-refractivity contribution in [3.05, 3.63) is 46.4 Å². The van der Waals surface area contributed by atoms with Crippen molar-refractivity contribution in [1.29, 1.82) is 0 Å². The molecular formula is C13H11Br3ClNOS. The molecule has 0 spiro atoms. The minimum atomic E-state index is 0.00699. The SMILES string of the molecule is CNC(c1cc(Br)c(Br)s1)c1cc(Cl)cc(Br)c1OC. The van der Waals surface area contributed by atoms with Gasteiger partial charge >= 0.3 is 0 Å². The van der Waals surface area contributed by atoms with Gasteiger partial charge in [0.1, 0.15) is 5.75 Å². The highest BCUT2D eigenvalue weighted by Gasteiger charge is 2.22. The molecule has 2 aromatic rings. The van der Waals surface area contributed by atoms with Crippen LogP contribution in [-0.4, -0.2) is 14.2 Å². The summed E-state index contributed by atoms with van der Waals surface area (Å²) in [6.07, 6.45) is 0. The summed E-state index contributed by atoms with van der Waals surface area (Å²) in [4.78, 5) is 1.17. The van der Waals surface area contributed by atoms with E-state index in [1.165, 1.54) is 4.88 Å². The van der Waals surface area contributed by atoms with Crippen molar-refractivity contribution >= 4 is 70.7 Å². The van der Waals surface area contributed by atoms with E-state index in [0.29, 0.717) is 5.02 Å². The maximum atomic E-state index is 6.18. The minimum Gasteiger partial charge on any atom is -0.495 e. The molecule has 1 heterocycles. The molecule has 1 unspecified atom stereocenters. The molecule has 2 rings (SSSR count). The Labute approximate surface area is 152 Å². The topological polar surface area (TPSA) is 21.3 Å². The zero-order chi connectivity index (χ0) is 14.9. The summed E-state index contributed by atoms with van der Waals surface area (Å²) in [6.45, 7) is 0. The van der Waals surface area contributed by atoms with E-state index in [4.69, 9.17) is 16.3 Å². The van der Waals surface area contributed by atoms with Gasteiger partial charge < -0.3 is 10.1 Å². The van der Waals surface area contributed by atoms with Crippen molar-refractivity contribution in [2.75, 3.05) is 14.2 Å². The highest BCUT2D eigenvalue weighted by molar-refractivity contribution is 9.13. The second-order valence-electron chi connectivity index (χ2n) is 4.00. The number of methoxy groups -OCH3 is 1. The highest BCUT2D eigenvalue weighted by Crippen LogP contribution is 2.42. The van der Waals surface area contributed by atoms with Crippen LogP contribution in [0.25, 0.3) is 0 Å². The van der Waals surface area contributed by atoms with Crippen LogP contribution in [0.1, 0.15) is 16.5 Å². The number of thiophene rings is 1. The lowest BCUT2D eigenvalue weighted by Crippen LogP contribution is -2.17. The first-order chi connectivity index (χ1) is 9.47. The van der Waals surface area contributed by atoms with Crippen LogP contribution in [0.3, 0.4) is 0 Å². The Kier molecular flexibility index (Phi) is 5.97. The van der Waals surface area contributed by atoms with E-state index in [2.05, 4.69) is 59.2 Å². The number of nitrogens with one attached hydrogen (secondary N) is 1. The van der Waals surface area contributed by atoms with Gasteiger partial charge in [0.2, 0.25) is 0 Å². The van der Waals surface area contributed by atoms with Gasteiger partial charge in [-0.15, -0.1) is 11.3 Å². The van der Waals surface area contributed by atoms with Crippen molar-refractivity contribution in [2.24, 2.45) is 0 Å². The number of rotatable bonds is 4. The Balaban J connectivity index is 2.57. The van der Waals surface area contributed by atoms with Crippen molar-refractivity contribution < 1.29 is 4.74 Å². The Hall–Kier alpha value is 0.410. The normalized spacial score (nSPS) is 12.5. The van der Waals surface area contributed by atoms with Crippen molar-refractivity contribution in [3.8, 4) is 5.75 Å². The van der Waals surface area contributed by atoms with E-state index < -0.39 is 0 Å². The Morgan fingerprint density at radius 1 is 1.20 bits per heavy atom. The van der Waals surface area contributed by atoms with Crippen LogP contribution in [0.5, 0.6) is 5.75 Å². The van der Waals surface area contributed by atoms with Gasteiger partial charge in [0.05, 0.1) is 21.4 Å². The second kappa shape index (κ2) is 7.11. The third-order valence-electron chi connectivity index (χ3n) is 2.79. The molecular weight excluding hydrogens is 493 g/mol. The fourth-order valence-electron chi connectivity index (χ4n) is 1.97. The van der Waals surface area contributed by atoms with Crippen LogP contribution in [0, 0.1) is 0 Å². The molecule has 1 N–H and O–H groups in total. The molecule has 20 heavy (non-hydrogen) atoms. The second-order valence-corrected chi connectivity index (χ2v) is 8.55. The van der Waals surface area contributed by atoms with E-state index in [-0.39, 0.29) is 6.04 Å². The van der Waals surface area contributed by atoms with Crippen molar-refractivity contribution in [3.63, 3.8) is 0 Å². The van der Waals surface area contributed by atoms with Crippen LogP contribution in [0.15, 0.2) is 30.9 Å². The fourth-order valence-corrected chi connectivity index (χ4v) is 5.18. The van der Waals surface area contributed by atoms with E-state index >= 15 is 0 Å². The third kappa shape index (κ3) is 3.42. The molecule has 2 nitrogen and oxygen atoms in total. The average molecular weight is 504 g/mol. The minimum absolute atomic E-state index is 0.00699. The van der Waals surface area contributed by atoms with Crippen LogP contribution < -0.4 is 10.1 Å². The summed E-state index contributed by atoms with van der Waals surface area (Å²) in [5.74, 6) is 0.786. The van der Waals surface area contributed by atoms with Crippen molar-refractivity contribution in [1.82, 2.24) is 5.32 Å². The van der Waals surface area contributed by atoms with Gasteiger partial charge in [0.15, 0.2) is 0 Å². The molecule has 1 atom stereocenters. The molecule has 1 aromatic heterocycles. The summed E-state index contributed by atoms with van der Waals surface area (Å²) in [7, 11) is 3.57. The largest absolute Gasteiger partial charge is 0.495 e. The molecule has 0 fully saturated rings. The molecule has 0 aliphatic rings. The van der Waals surface area contributed by atoms with Gasteiger partial charge in [-0.05, 0) is 73.0 Å². The predicted octanol–water partition coefficient (Wildman–Crippen LogP) is 6.01. The zero-order valence-electron chi connectivity index (χ0n) is 10.6. The van der Waals surface area contributed by atoms with Crippen LogP contribution in [-0.2, 0) is 0 Å². The van der Waals surface area contributed by atoms with E-state index in [1.807, 2.05) is 19.2 Å². The average Bonchev–Trinajstić information content (AvgIpc) is 2.70. The van der Waals surface area contributed by atoms with Crippen LogP contribution in [0.2, 0.25) is 5.02 Å². The number of halogens is 4. The van der Waals surface area contributed by atoms with Crippen LogP contribution in [0.4, 0.5) is 0 Å². The summed E-state index contributed by atoms with van der Waals surface area (Å²) in [5.41, 5.74) is 0.996. The Morgan fingerprint density at radius 2 is 1.90 bits per heavy atom. The summed E-state index contributed by atoms with van der Waals surface area (Å²) in [6, 6.07) is 5.85. The number of hydrogen-bond acceptors (Lipinski definition) is 3. The van der Waals surface area contributed by atoms with Gasteiger partial charge in [-0.25, -0.2) is 0 Å². The van der Waals surface area contributed by atoms with Gasteiger partial charge in [-0.3, -0.25) is 0 Å². The molecule has 1 aromatic carbocycles. The lowest BCUT2D eigenvalue weighted by molar-refractivity contribution is 0.403. The monoisotopic (exact) mass is 501 g/mol. The lowest BCUT2D eigenvalue weighted by atomic mass is 10.0. The molecule has 0 amide bonds. The first-order valence-corrected chi connectivity index (χ1v) is 9.20. The molecule has 0 aliphatic heterocycles. The van der Waals surface area contributed by atoms with Gasteiger partial charge in [-0.1, -0.05) is 11.6 Å². The van der Waals surface area contributed by atoms with Gasteiger partial charge in [0.25, 0.3) is 0 Å². The maximum absolute atomic E-state index is 6.18. The summed E-state index contributed by atoms with van der Waals surface area (Å²) < 4.78 is 8.46. The first kappa shape index (κ1) is 16.8. The first-order valence-electron chi connectivity index (χ1n) is 5.62.